The molecule has 118 valence electrons. The van der Waals surface area contributed by atoms with Crippen molar-refractivity contribution >= 4 is 11.6 Å². The molecule has 1 aromatic carbocycles. The summed E-state index contributed by atoms with van der Waals surface area (Å²) in [5, 5.41) is 5.40. The zero-order valence-corrected chi connectivity index (χ0v) is 12.1. The third-order valence-corrected chi connectivity index (χ3v) is 2.94. The Morgan fingerprint density at radius 2 is 1.86 bits per heavy atom. The van der Waals surface area contributed by atoms with Crippen LogP contribution in [0.5, 0.6) is 5.75 Å². The van der Waals surface area contributed by atoms with E-state index in [1.54, 1.807) is 6.07 Å². The van der Waals surface area contributed by atoms with Crippen molar-refractivity contribution in [2.45, 2.75) is 33.2 Å². The van der Waals surface area contributed by atoms with Gasteiger partial charge in [-0.3, -0.25) is 4.79 Å². The van der Waals surface area contributed by atoms with E-state index in [1.165, 1.54) is 18.2 Å². The van der Waals surface area contributed by atoms with E-state index in [-0.39, 0.29) is 35.8 Å². The number of rotatable bonds is 6. The molecule has 1 amide bonds. The van der Waals surface area contributed by atoms with E-state index in [9.17, 15) is 18.0 Å². The lowest BCUT2D eigenvalue weighted by atomic mass is 10.1. The molecule has 1 aromatic rings. The number of hydrogen-bond acceptors (Lipinski definition) is 3. The van der Waals surface area contributed by atoms with Crippen LogP contribution in [0, 0.1) is 5.92 Å². The Balaban J connectivity index is 2.61. The fourth-order valence-electron chi connectivity index (χ4n) is 1.47. The summed E-state index contributed by atoms with van der Waals surface area (Å²) in [5.74, 6) is -0.387. The largest absolute Gasteiger partial charge is 0.573 e. The molecule has 0 spiro atoms. The lowest BCUT2D eigenvalue weighted by Crippen LogP contribution is -2.39. The molecular weight excluding hydrogens is 285 g/mol. The van der Waals surface area contributed by atoms with Crippen LogP contribution in [0.4, 0.5) is 18.9 Å². The third-order valence-electron chi connectivity index (χ3n) is 2.94. The molecule has 0 aliphatic heterocycles. The zero-order chi connectivity index (χ0) is 16.0. The van der Waals surface area contributed by atoms with Crippen molar-refractivity contribution < 1.29 is 22.7 Å². The predicted molar refractivity (Wildman–Crippen MR) is 74.1 cm³/mol. The second-order valence-electron chi connectivity index (χ2n) is 5.00. The average molecular weight is 304 g/mol. The van der Waals surface area contributed by atoms with Gasteiger partial charge in [0.15, 0.2) is 5.75 Å². The molecule has 0 saturated carbocycles. The lowest BCUT2D eigenvalue weighted by molar-refractivity contribution is -0.274. The first-order chi connectivity index (χ1) is 9.69. The SMILES string of the molecule is CC(C)C(C)NC(=O)CNc1ccccc1OC(F)(F)F. The maximum Gasteiger partial charge on any atom is 0.573 e. The Morgan fingerprint density at radius 1 is 1.24 bits per heavy atom. The van der Waals surface area contributed by atoms with Crippen molar-refractivity contribution in [3.63, 3.8) is 0 Å². The second kappa shape index (κ2) is 7.19. The maximum absolute atomic E-state index is 12.3. The minimum Gasteiger partial charge on any atom is -0.404 e. The summed E-state index contributed by atoms with van der Waals surface area (Å²) in [6.07, 6.45) is -4.77. The molecule has 0 heterocycles. The number of alkyl halides is 3. The summed E-state index contributed by atoms with van der Waals surface area (Å²) in [5.41, 5.74) is 0.113. The van der Waals surface area contributed by atoms with Crippen molar-refractivity contribution in [3.8, 4) is 5.75 Å². The first kappa shape index (κ1) is 17.1. The zero-order valence-electron chi connectivity index (χ0n) is 12.1. The first-order valence-electron chi connectivity index (χ1n) is 6.57. The van der Waals surface area contributed by atoms with Crippen molar-refractivity contribution in [2.24, 2.45) is 5.92 Å². The molecule has 0 aromatic heterocycles. The highest BCUT2D eigenvalue weighted by Crippen LogP contribution is 2.29. The summed E-state index contributed by atoms with van der Waals surface area (Å²) < 4.78 is 40.6. The van der Waals surface area contributed by atoms with Crippen LogP contribution in [0.1, 0.15) is 20.8 Å². The standard InChI is InChI=1S/C14H19F3N2O2/c1-9(2)10(3)19-13(20)8-18-11-6-4-5-7-12(11)21-14(15,16)17/h4-7,9-10,18H,8H2,1-3H3,(H,19,20). The van der Waals surface area contributed by atoms with Gasteiger partial charge in [0.1, 0.15) is 0 Å². The van der Waals surface area contributed by atoms with Gasteiger partial charge in [0.2, 0.25) is 5.91 Å². The van der Waals surface area contributed by atoms with Crippen molar-refractivity contribution in [1.82, 2.24) is 5.32 Å². The number of nitrogens with one attached hydrogen (secondary N) is 2. The maximum atomic E-state index is 12.3. The number of ether oxygens (including phenoxy) is 1. The van der Waals surface area contributed by atoms with Crippen LogP contribution in [-0.2, 0) is 4.79 Å². The molecule has 7 heteroatoms. The van der Waals surface area contributed by atoms with E-state index >= 15 is 0 Å². The molecule has 0 fully saturated rings. The molecule has 4 nitrogen and oxygen atoms in total. The summed E-state index contributed by atoms with van der Waals surface area (Å²) >= 11 is 0. The highest BCUT2D eigenvalue weighted by molar-refractivity contribution is 5.81. The van der Waals surface area contributed by atoms with Gasteiger partial charge in [0.25, 0.3) is 0 Å². The van der Waals surface area contributed by atoms with E-state index in [0.717, 1.165) is 0 Å². The lowest BCUT2D eigenvalue weighted by Gasteiger charge is -2.18. The minimum absolute atomic E-state index is 0.0130. The van der Waals surface area contributed by atoms with Gasteiger partial charge in [0.05, 0.1) is 12.2 Å². The van der Waals surface area contributed by atoms with Crippen LogP contribution < -0.4 is 15.4 Å². The normalized spacial score (nSPS) is 12.9. The topological polar surface area (TPSA) is 50.4 Å². The summed E-state index contributed by atoms with van der Waals surface area (Å²) in [6.45, 7) is 5.66. The quantitative estimate of drug-likeness (QED) is 0.849. The van der Waals surface area contributed by atoms with Gasteiger partial charge < -0.3 is 15.4 Å². The summed E-state index contributed by atoms with van der Waals surface area (Å²) in [7, 11) is 0. The fraction of sp³-hybridized carbons (Fsp3) is 0.500. The van der Waals surface area contributed by atoms with Gasteiger partial charge in [-0.25, -0.2) is 0 Å². The first-order valence-corrected chi connectivity index (χ1v) is 6.57. The van der Waals surface area contributed by atoms with Gasteiger partial charge in [0, 0.05) is 6.04 Å². The number of halogens is 3. The smallest absolute Gasteiger partial charge is 0.404 e. The Labute approximate surface area is 121 Å². The molecule has 1 atom stereocenters. The number of para-hydroxylation sites is 2. The molecule has 0 bridgehead atoms. The Morgan fingerprint density at radius 3 is 2.43 bits per heavy atom. The van der Waals surface area contributed by atoms with Crippen molar-refractivity contribution in [3.05, 3.63) is 24.3 Å². The average Bonchev–Trinajstić information content (AvgIpc) is 2.35. The van der Waals surface area contributed by atoms with Crippen LogP contribution in [0.3, 0.4) is 0 Å². The second-order valence-corrected chi connectivity index (χ2v) is 5.00. The molecule has 0 aliphatic carbocycles. The molecule has 1 rings (SSSR count). The van der Waals surface area contributed by atoms with Gasteiger partial charge in [-0.15, -0.1) is 13.2 Å². The molecule has 0 saturated heterocycles. The summed E-state index contributed by atoms with van der Waals surface area (Å²) in [4.78, 5) is 11.7. The number of hydrogen-bond donors (Lipinski definition) is 2. The molecule has 0 aliphatic rings. The predicted octanol–water partition coefficient (Wildman–Crippen LogP) is 3.16. The van der Waals surface area contributed by atoms with E-state index in [1.807, 2.05) is 20.8 Å². The number of amides is 1. The molecular formula is C14H19F3N2O2. The highest BCUT2D eigenvalue weighted by Gasteiger charge is 2.32. The van der Waals surface area contributed by atoms with Crippen molar-refractivity contribution in [1.29, 1.82) is 0 Å². The molecule has 2 N–H and O–H groups in total. The van der Waals surface area contributed by atoms with Gasteiger partial charge >= 0.3 is 6.36 Å². The number of benzene rings is 1. The van der Waals surface area contributed by atoms with Gasteiger partial charge in [-0.1, -0.05) is 26.0 Å². The minimum atomic E-state index is -4.77. The Bertz CT molecular complexity index is 476. The van der Waals surface area contributed by atoms with E-state index in [0.29, 0.717) is 0 Å². The number of anilines is 1. The van der Waals surface area contributed by atoms with E-state index < -0.39 is 6.36 Å². The highest BCUT2D eigenvalue weighted by atomic mass is 19.4. The van der Waals surface area contributed by atoms with Gasteiger partial charge in [-0.2, -0.15) is 0 Å². The summed E-state index contributed by atoms with van der Waals surface area (Å²) in [6, 6.07) is 5.57. The molecule has 21 heavy (non-hydrogen) atoms. The van der Waals surface area contributed by atoms with Crippen LogP contribution in [0.25, 0.3) is 0 Å². The van der Waals surface area contributed by atoms with Crippen LogP contribution in [0.15, 0.2) is 24.3 Å². The monoisotopic (exact) mass is 304 g/mol. The molecule has 1 unspecified atom stereocenters. The van der Waals surface area contributed by atoms with Crippen LogP contribution in [-0.4, -0.2) is 24.9 Å². The van der Waals surface area contributed by atoms with E-state index in [2.05, 4.69) is 15.4 Å². The Hall–Kier alpha value is -1.92. The Kier molecular flexibility index (Phi) is 5.87. The number of carbonyl (C=O) groups excluding carboxylic acids is 1. The van der Waals surface area contributed by atoms with E-state index in [4.69, 9.17) is 0 Å². The van der Waals surface area contributed by atoms with Gasteiger partial charge in [-0.05, 0) is 25.0 Å². The number of carbonyl (C=O) groups is 1. The van der Waals surface area contributed by atoms with Crippen LogP contribution >= 0.6 is 0 Å². The fourth-order valence-corrected chi connectivity index (χ4v) is 1.47. The third kappa shape index (κ3) is 6.37. The van der Waals surface area contributed by atoms with Crippen LogP contribution in [0.2, 0.25) is 0 Å². The molecule has 0 radical (unpaired) electrons. The van der Waals surface area contributed by atoms with Crippen molar-refractivity contribution in [2.75, 3.05) is 11.9 Å².